The lowest BCUT2D eigenvalue weighted by Gasteiger charge is -2.22. The molecule has 0 aliphatic carbocycles. The van der Waals surface area contributed by atoms with Crippen molar-refractivity contribution < 1.29 is 17.9 Å². The van der Waals surface area contributed by atoms with Crippen LogP contribution in [0, 0.1) is 0 Å². The summed E-state index contributed by atoms with van der Waals surface area (Å²) in [5.74, 6) is -0.503. The van der Waals surface area contributed by atoms with Crippen LogP contribution in [0.3, 0.4) is 0 Å². The smallest absolute Gasteiger partial charge is 0.324 e. The van der Waals surface area contributed by atoms with E-state index >= 15 is 0 Å². The Hall–Kier alpha value is -1.45. The summed E-state index contributed by atoms with van der Waals surface area (Å²) in [4.78, 5) is 19.4. The highest BCUT2D eigenvalue weighted by atomic mass is 35.5. The number of nitrogens with one attached hydrogen (secondary N) is 1. The fourth-order valence-corrected chi connectivity index (χ4v) is 3.54. The fourth-order valence-electron chi connectivity index (χ4n) is 2.06. The Morgan fingerprint density at radius 1 is 1.52 bits per heavy atom. The largest absolute Gasteiger partial charge is 0.465 e. The van der Waals surface area contributed by atoms with E-state index in [9.17, 15) is 13.2 Å². The summed E-state index contributed by atoms with van der Waals surface area (Å²) in [6.45, 7) is 2.13. The zero-order valence-electron chi connectivity index (χ0n) is 11.3. The van der Waals surface area contributed by atoms with E-state index in [2.05, 4.69) is 14.7 Å². The summed E-state index contributed by atoms with van der Waals surface area (Å²) in [5.41, 5.74) is 0. The summed E-state index contributed by atoms with van der Waals surface area (Å²) in [7, 11) is -3.90. The second-order valence-electron chi connectivity index (χ2n) is 4.35. The molecule has 0 saturated carbocycles. The normalized spacial score (nSPS) is 19.4. The molecule has 116 valence electrons. The lowest BCUT2D eigenvalue weighted by Crippen LogP contribution is -2.44. The molecule has 1 fully saturated rings. The minimum atomic E-state index is -3.90. The Morgan fingerprint density at radius 3 is 2.90 bits per heavy atom. The van der Waals surface area contributed by atoms with Crippen LogP contribution in [0.5, 0.6) is 0 Å². The van der Waals surface area contributed by atoms with E-state index in [0.717, 1.165) is 4.31 Å². The van der Waals surface area contributed by atoms with Crippen molar-refractivity contribution in [2.45, 2.75) is 25.8 Å². The van der Waals surface area contributed by atoms with Crippen LogP contribution in [0.1, 0.15) is 19.8 Å². The molecule has 0 bridgehead atoms. The van der Waals surface area contributed by atoms with Gasteiger partial charge in [-0.3, -0.25) is 9.52 Å². The van der Waals surface area contributed by atoms with E-state index in [1.54, 1.807) is 6.92 Å². The summed E-state index contributed by atoms with van der Waals surface area (Å²) in [6.07, 6.45) is 3.46. The van der Waals surface area contributed by atoms with Gasteiger partial charge in [-0.15, -0.1) is 0 Å². The molecule has 21 heavy (non-hydrogen) atoms. The lowest BCUT2D eigenvalue weighted by molar-refractivity contribution is -0.146. The second-order valence-corrected chi connectivity index (χ2v) is 6.36. The maximum absolute atomic E-state index is 12.3. The van der Waals surface area contributed by atoms with Gasteiger partial charge in [0.15, 0.2) is 5.82 Å². The van der Waals surface area contributed by atoms with Crippen LogP contribution < -0.4 is 4.72 Å². The van der Waals surface area contributed by atoms with Crippen LogP contribution in [0.2, 0.25) is 5.15 Å². The number of nitrogens with zero attached hydrogens (tertiary/aromatic N) is 3. The van der Waals surface area contributed by atoms with Crippen molar-refractivity contribution in [3.05, 3.63) is 17.5 Å². The van der Waals surface area contributed by atoms with Crippen molar-refractivity contribution >= 4 is 33.6 Å². The Kier molecular flexibility index (Phi) is 4.96. The maximum Gasteiger partial charge on any atom is 0.324 e. The highest BCUT2D eigenvalue weighted by Crippen LogP contribution is 2.23. The zero-order chi connectivity index (χ0) is 15.5. The standard InChI is InChI=1S/C11H15ClN4O4S/c1-2-20-11(17)8-4-3-5-16(8)21(18,19)15-10-7-13-9(12)6-14-10/h6-8H,2-5H2,1H3,(H,14,15). The van der Waals surface area contributed by atoms with E-state index in [1.165, 1.54) is 12.4 Å². The van der Waals surface area contributed by atoms with Gasteiger partial charge >= 0.3 is 16.2 Å². The average molecular weight is 335 g/mol. The first kappa shape index (κ1) is 15.9. The zero-order valence-corrected chi connectivity index (χ0v) is 12.9. The van der Waals surface area contributed by atoms with Crippen LogP contribution in [0.25, 0.3) is 0 Å². The van der Waals surface area contributed by atoms with Gasteiger partial charge in [0.1, 0.15) is 11.2 Å². The Bertz CT molecular complexity index is 607. The van der Waals surface area contributed by atoms with Crippen molar-refractivity contribution in [1.29, 1.82) is 0 Å². The van der Waals surface area contributed by atoms with Crippen molar-refractivity contribution in [2.24, 2.45) is 0 Å². The van der Waals surface area contributed by atoms with Gasteiger partial charge < -0.3 is 4.74 Å². The van der Waals surface area contributed by atoms with Gasteiger partial charge in [0.25, 0.3) is 0 Å². The first-order valence-corrected chi connectivity index (χ1v) is 8.19. The molecule has 8 nitrogen and oxygen atoms in total. The van der Waals surface area contributed by atoms with Crippen LogP contribution in [-0.4, -0.2) is 47.9 Å². The summed E-state index contributed by atoms with van der Waals surface area (Å²) in [5, 5.41) is 0.156. The van der Waals surface area contributed by atoms with Gasteiger partial charge in [0.2, 0.25) is 0 Å². The number of rotatable bonds is 5. The fraction of sp³-hybridized carbons (Fsp3) is 0.545. The number of anilines is 1. The number of halogens is 1. The highest BCUT2D eigenvalue weighted by molar-refractivity contribution is 7.90. The molecular formula is C11H15ClN4O4S. The van der Waals surface area contributed by atoms with E-state index in [0.29, 0.717) is 12.8 Å². The molecule has 1 atom stereocenters. The van der Waals surface area contributed by atoms with E-state index in [4.69, 9.17) is 16.3 Å². The molecule has 0 amide bonds. The van der Waals surface area contributed by atoms with Crippen LogP contribution in [0.4, 0.5) is 5.82 Å². The molecular weight excluding hydrogens is 320 g/mol. The molecule has 1 aromatic rings. The van der Waals surface area contributed by atoms with Crippen molar-refractivity contribution in [1.82, 2.24) is 14.3 Å². The van der Waals surface area contributed by atoms with Gasteiger partial charge in [-0.25, -0.2) is 9.97 Å². The Labute approximate surface area is 127 Å². The van der Waals surface area contributed by atoms with Crippen LogP contribution >= 0.6 is 11.6 Å². The number of esters is 1. The van der Waals surface area contributed by atoms with E-state index in [-0.39, 0.29) is 24.1 Å². The van der Waals surface area contributed by atoms with Gasteiger partial charge in [-0.05, 0) is 19.8 Å². The molecule has 1 N–H and O–H groups in total. The van der Waals surface area contributed by atoms with E-state index in [1.807, 2.05) is 0 Å². The Morgan fingerprint density at radius 2 is 2.29 bits per heavy atom. The van der Waals surface area contributed by atoms with Gasteiger partial charge in [-0.2, -0.15) is 12.7 Å². The first-order valence-electron chi connectivity index (χ1n) is 6.38. The quantitative estimate of drug-likeness (QED) is 0.800. The second kappa shape index (κ2) is 6.54. The third kappa shape index (κ3) is 3.80. The molecule has 1 aliphatic heterocycles. The minimum absolute atomic E-state index is 0.0360. The predicted molar refractivity (Wildman–Crippen MR) is 75.9 cm³/mol. The van der Waals surface area contributed by atoms with Gasteiger partial charge in [0.05, 0.1) is 19.0 Å². The number of carbonyl (C=O) groups excluding carboxylic acids is 1. The number of aromatic nitrogens is 2. The highest BCUT2D eigenvalue weighted by Gasteiger charge is 2.39. The number of hydrogen-bond donors (Lipinski definition) is 1. The number of carbonyl (C=O) groups is 1. The third-order valence-corrected chi connectivity index (χ3v) is 4.64. The van der Waals surface area contributed by atoms with Crippen LogP contribution in [-0.2, 0) is 19.7 Å². The molecule has 1 unspecified atom stereocenters. The summed E-state index contributed by atoms with van der Waals surface area (Å²) < 4.78 is 32.9. The molecule has 0 spiro atoms. The average Bonchev–Trinajstić information content (AvgIpc) is 2.92. The molecule has 1 aliphatic rings. The van der Waals surface area contributed by atoms with Gasteiger partial charge in [0, 0.05) is 6.54 Å². The molecule has 1 aromatic heterocycles. The lowest BCUT2D eigenvalue weighted by atomic mass is 10.2. The Balaban J connectivity index is 2.14. The molecule has 2 heterocycles. The molecule has 0 aromatic carbocycles. The SMILES string of the molecule is CCOC(=O)C1CCCN1S(=O)(=O)Nc1cnc(Cl)cn1. The third-order valence-electron chi connectivity index (χ3n) is 2.92. The molecule has 10 heteroatoms. The van der Waals surface area contributed by atoms with Crippen molar-refractivity contribution in [2.75, 3.05) is 17.9 Å². The van der Waals surface area contributed by atoms with Crippen molar-refractivity contribution in [3.63, 3.8) is 0 Å². The first-order chi connectivity index (χ1) is 9.94. The molecule has 0 radical (unpaired) electrons. The minimum Gasteiger partial charge on any atom is -0.465 e. The summed E-state index contributed by atoms with van der Waals surface area (Å²) >= 11 is 5.59. The monoisotopic (exact) mass is 334 g/mol. The topological polar surface area (TPSA) is 101 Å². The maximum atomic E-state index is 12.3. The molecule has 2 rings (SSSR count). The predicted octanol–water partition coefficient (Wildman–Crippen LogP) is 0.814. The van der Waals surface area contributed by atoms with E-state index < -0.39 is 22.2 Å². The number of ether oxygens (including phenoxy) is 1. The van der Waals surface area contributed by atoms with Crippen molar-refractivity contribution in [3.8, 4) is 0 Å². The summed E-state index contributed by atoms with van der Waals surface area (Å²) in [6, 6.07) is -0.803. The van der Waals surface area contributed by atoms with Crippen LogP contribution in [0.15, 0.2) is 12.4 Å². The number of hydrogen-bond acceptors (Lipinski definition) is 6. The molecule has 1 saturated heterocycles. The van der Waals surface area contributed by atoms with Gasteiger partial charge in [-0.1, -0.05) is 11.6 Å².